The number of aryl methyl sites for hydroxylation is 2. The van der Waals surface area contributed by atoms with Crippen molar-refractivity contribution in [2.45, 2.75) is 39.7 Å². The molecule has 1 amide bonds. The summed E-state index contributed by atoms with van der Waals surface area (Å²) in [5, 5.41) is 11.6. The number of hydrogen-bond acceptors (Lipinski definition) is 3. The molecule has 1 atom stereocenters. The third kappa shape index (κ3) is 2.42. The van der Waals surface area contributed by atoms with Crippen molar-refractivity contribution in [1.29, 1.82) is 0 Å². The van der Waals surface area contributed by atoms with Crippen LogP contribution in [0.4, 0.5) is 0 Å². The minimum atomic E-state index is -0.00246. The van der Waals surface area contributed by atoms with Crippen LogP contribution in [0.25, 0.3) is 11.3 Å². The molecule has 6 heteroatoms. The fraction of sp³-hybridized carbons (Fsp3) is 0.562. The van der Waals surface area contributed by atoms with E-state index in [0.717, 1.165) is 22.6 Å². The van der Waals surface area contributed by atoms with E-state index in [9.17, 15) is 4.79 Å². The van der Waals surface area contributed by atoms with Gasteiger partial charge in [-0.1, -0.05) is 0 Å². The molecule has 118 valence electrons. The first-order valence-electron chi connectivity index (χ1n) is 7.73. The maximum absolute atomic E-state index is 12.6. The van der Waals surface area contributed by atoms with Gasteiger partial charge in [0.1, 0.15) is 5.69 Å². The van der Waals surface area contributed by atoms with Crippen LogP contribution < -0.4 is 0 Å². The number of rotatable bonds is 4. The smallest absolute Gasteiger partial charge is 0.271 e. The molecule has 1 N–H and O–H groups in total. The molecule has 3 rings (SSSR count). The summed E-state index contributed by atoms with van der Waals surface area (Å²) in [6.07, 6.45) is 2.45. The van der Waals surface area contributed by atoms with Gasteiger partial charge >= 0.3 is 0 Å². The average molecular weight is 301 g/mol. The molecule has 1 fully saturated rings. The van der Waals surface area contributed by atoms with Crippen molar-refractivity contribution >= 4 is 5.91 Å². The molecule has 2 heterocycles. The molecular weight excluding hydrogens is 278 g/mol. The van der Waals surface area contributed by atoms with Crippen LogP contribution in [-0.4, -0.2) is 43.9 Å². The largest absolute Gasteiger partial charge is 0.337 e. The molecule has 1 unspecified atom stereocenters. The number of nitrogens with zero attached hydrogens (tertiary/aromatic N) is 4. The summed E-state index contributed by atoms with van der Waals surface area (Å²) in [6, 6.07) is 2.11. The van der Waals surface area contributed by atoms with Crippen LogP contribution >= 0.6 is 0 Å². The van der Waals surface area contributed by atoms with Crippen molar-refractivity contribution in [1.82, 2.24) is 24.9 Å². The molecule has 1 saturated carbocycles. The lowest BCUT2D eigenvalue weighted by atomic mass is 10.1. The van der Waals surface area contributed by atoms with Gasteiger partial charge in [-0.15, -0.1) is 0 Å². The number of nitrogens with one attached hydrogen (secondary N) is 1. The third-order valence-electron chi connectivity index (χ3n) is 4.81. The average Bonchev–Trinajstić information content (AvgIpc) is 3.17. The fourth-order valence-corrected chi connectivity index (χ4v) is 2.97. The number of carbonyl (C=O) groups excluding carboxylic acids is 1. The zero-order valence-corrected chi connectivity index (χ0v) is 13.8. The SMILES string of the molecule is Cc1nn(C)c(C)c1-c1cc(C(=O)N(C)C(C)C2CC2)[nH]n1. The van der Waals surface area contributed by atoms with Gasteiger partial charge in [0.25, 0.3) is 5.91 Å². The van der Waals surface area contributed by atoms with Crippen LogP contribution in [0.3, 0.4) is 0 Å². The Labute approximate surface area is 130 Å². The maximum atomic E-state index is 12.6. The van der Waals surface area contributed by atoms with Gasteiger partial charge in [-0.3, -0.25) is 14.6 Å². The summed E-state index contributed by atoms with van der Waals surface area (Å²) in [5.74, 6) is 0.650. The van der Waals surface area contributed by atoms with Crippen molar-refractivity contribution in [3.63, 3.8) is 0 Å². The highest BCUT2D eigenvalue weighted by atomic mass is 16.2. The van der Waals surface area contributed by atoms with Crippen molar-refractivity contribution in [3.05, 3.63) is 23.1 Å². The highest BCUT2D eigenvalue weighted by molar-refractivity contribution is 5.93. The quantitative estimate of drug-likeness (QED) is 0.942. The highest BCUT2D eigenvalue weighted by Gasteiger charge is 2.33. The predicted octanol–water partition coefficient (Wildman–Crippen LogP) is 2.30. The summed E-state index contributed by atoms with van der Waals surface area (Å²) >= 11 is 0. The lowest BCUT2D eigenvalue weighted by molar-refractivity contribution is 0.0721. The van der Waals surface area contributed by atoms with Crippen LogP contribution in [-0.2, 0) is 7.05 Å². The number of aromatic amines is 1. The van der Waals surface area contributed by atoms with E-state index in [1.165, 1.54) is 12.8 Å². The Hall–Kier alpha value is -2.11. The number of H-pyrrole nitrogens is 1. The molecule has 6 nitrogen and oxygen atoms in total. The topological polar surface area (TPSA) is 66.8 Å². The molecule has 22 heavy (non-hydrogen) atoms. The predicted molar refractivity (Wildman–Crippen MR) is 84.5 cm³/mol. The lowest BCUT2D eigenvalue weighted by Gasteiger charge is -2.24. The minimum absolute atomic E-state index is 0.00246. The first-order chi connectivity index (χ1) is 10.4. The molecule has 2 aromatic heterocycles. The Morgan fingerprint density at radius 3 is 2.68 bits per heavy atom. The zero-order valence-electron chi connectivity index (χ0n) is 13.8. The zero-order chi connectivity index (χ0) is 16.0. The van der Waals surface area contributed by atoms with E-state index in [-0.39, 0.29) is 11.9 Å². The number of carbonyl (C=O) groups is 1. The Morgan fingerprint density at radius 1 is 1.45 bits per heavy atom. The van der Waals surface area contributed by atoms with Gasteiger partial charge in [-0.05, 0) is 45.6 Å². The molecular formula is C16H23N5O. The monoisotopic (exact) mass is 301 g/mol. The van der Waals surface area contributed by atoms with Crippen molar-refractivity contribution < 1.29 is 4.79 Å². The summed E-state index contributed by atoms with van der Waals surface area (Å²) in [4.78, 5) is 14.4. The molecule has 2 aromatic rings. The molecule has 0 saturated heterocycles. The number of hydrogen-bond donors (Lipinski definition) is 1. The van der Waals surface area contributed by atoms with Gasteiger partial charge < -0.3 is 4.90 Å². The van der Waals surface area contributed by atoms with Gasteiger partial charge in [-0.25, -0.2) is 0 Å². The first-order valence-corrected chi connectivity index (χ1v) is 7.73. The van der Waals surface area contributed by atoms with Crippen LogP contribution in [0.15, 0.2) is 6.07 Å². The van der Waals surface area contributed by atoms with E-state index in [4.69, 9.17) is 0 Å². The molecule has 1 aliphatic carbocycles. The van der Waals surface area contributed by atoms with E-state index >= 15 is 0 Å². The molecule has 0 aromatic carbocycles. The molecule has 0 aliphatic heterocycles. The third-order valence-corrected chi connectivity index (χ3v) is 4.81. The van der Waals surface area contributed by atoms with Crippen LogP contribution in [0.2, 0.25) is 0 Å². The molecule has 0 spiro atoms. The number of amides is 1. The van der Waals surface area contributed by atoms with Crippen molar-refractivity contribution in [2.24, 2.45) is 13.0 Å². The van der Waals surface area contributed by atoms with Crippen LogP contribution in [0.5, 0.6) is 0 Å². The fourth-order valence-electron chi connectivity index (χ4n) is 2.97. The van der Waals surface area contributed by atoms with E-state index in [2.05, 4.69) is 22.2 Å². The van der Waals surface area contributed by atoms with Gasteiger partial charge in [-0.2, -0.15) is 10.2 Å². The van der Waals surface area contributed by atoms with Crippen LogP contribution in [0, 0.1) is 19.8 Å². The summed E-state index contributed by atoms with van der Waals surface area (Å²) in [6.45, 7) is 6.08. The summed E-state index contributed by atoms with van der Waals surface area (Å²) < 4.78 is 1.84. The Balaban J connectivity index is 1.85. The molecule has 0 bridgehead atoms. The Kier molecular flexibility index (Phi) is 3.54. The van der Waals surface area contributed by atoms with Crippen LogP contribution in [0.1, 0.15) is 41.6 Å². The van der Waals surface area contributed by atoms with E-state index in [0.29, 0.717) is 11.6 Å². The Bertz CT molecular complexity index is 710. The van der Waals surface area contributed by atoms with Crippen molar-refractivity contribution in [2.75, 3.05) is 7.05 Å². The van der Waals surface area contributed by atoms with Gasteiger partial charge in [0, 0.05) is 31.4 Å². The van der Waals surface area contributed by atoms with E-state index in [1.54, 1.807) is 0 Å². The highest BCUT2D eigenvalue weighted by Crippen LogP contribution is 2.35. The molecule has 1 aliphatic rings. The maximum Gasteiger partial charge on any atom is 0.271 e. The Morgan fingerprint density at radius 2 is 2.14 bits per heavy atom. The minimum Gasteiger partial charge on any atom is -0.337 e. The second-order valence-corrected chi connectivity index (χ2v) is 6.33. The van der Waals surface area contributed by atoms with Crippen molar-refractivity contribution in [3.8, 4) is 11.3 Å². The normalized spacial score (nSPS) is 15.9. The van der Waals surface area contributed by atoms with E-state index < -0.39 is 0 Å². The van der Waals surface area contributed by atoms with Gasteiger partial charge in [0.15, 0.2) is 0 Å². The second kappa shape index (κ2) is 5.26. The molecule has 0 radical (unpaired) electrons. The standard InChI is InChI=1S/C16H23N5O/c1-9-15(11(3)21(5)19-9)13-8-14(18-17-13)16(22)20(4)10(2)12-6-7-12/h8,10,12H,6-7H2,1-5H3,(H,17,18). The summed E-state index contributed by atoms with van der Waals surface area (Å²) in [5.41, 5.74) is 4.27. The number of aromatic nitrogens is 4. The van der Waals surface area contributed by atoms with Gasteiger partial charge in [0.2, 0.25) is 0 Å². The first kappa shape index (κ1) is 14.8. The second-order valence-electron chi connectivity index (χ2n) is 6.33. The lowest BCUT2D eigenvalue weighted by Crippen LogP contribution is -2.36. The van der Waals surface area contributed by atoms with E-state index in [1.807, 2.05) is 43.6 Å². The summed E-state index contributed by atoms with van der Waals surface area (Å²) in [7, 11) is 3.78. The van der Waals surface area contributed by atoms with Gasteiger partial charge in [0.05, 0.1) is 11.4 Å².